The van der Waals surface area contributed by atoms with Crippen molar-refractivity contribution < 1.29 is 19.1 Å². The number of esters is 1. The first-order chi connectivity index (χ1) is 9.95. The lowest BCUT2D eigenvalue weighted by Gasteiger charge is -2.16. The Balaban J connectivity index is 1.86. The minimum absolute atomic E-state index is 0.394. The van der Waals surface area contributed by atoms with E-state index in [1.807, 2.05) is 6.07 Å². The van der Waals surface area contributed by atoms with E-state index in [4.69, 9.17) is 4.74 Å². The van der Waals surface area contributed by atoms with Gasteiger partial charge in [-0.2, -0.15) is 0 Å². The third-order valence-corrected chi connectivity index (χ3v) is 4.46. The van der Waals surface area contributed by atoms with Crippen LogP contribution in [0.1, 0.15) is 40.4 Å². The summed E-state index contributed by atoms with van der Waals surface area (Å²) < 4.78 is 4.93. The van der Waals surface area contributed by atoms with Crippen molar-refractivity contribution in [3.63, 3.8) is 0 Å². The number of carbonyl (C=O) groups is 3. The first-order valence-corrected chi connectivity index (χ1v) is 7.61. The van der Waals surface area contributed by atoms with Gasteiger partial charge >= 0.3 is 5.97 Å². The van der Waals surface area contributed by atoms with Crippen LogP contribution in [0.15, 0.2) is 6.07 Å². The summed E-state index contributed by atoms with van der Waals surface area (Å²) in [5.41, 5.74) is 5.47. The molecular formula is C14H18N2O4S. The van der Waals surface area contributed by atoms with Gasteiger partial charge in [-0.3, -0.25) is 20.4 Å². The molecule has 2 rings (SSSR count). The lowest BCUT2D eigenvalue weighted by atomic mass is 9.90. The van der Waals surface area contributed by atoms with E-state index in [1.54, 1.807) is 0 Å². The predicted octanol–water partition coefficient (Wildman–Crippen LogP) is 1.20. The third-order valence-electron chi connectivity index (χ3n) is 3.24. The van der Waals surface area contributed by atoms with Crippen LogP contribution in [0.2, 0.25) is 0 Å². The van der Waals surface area contributed by atoms with Crippen LogP contribution in [0.4, 0.5) is 0 Å². The van der Waals surface area contributed by atoms with E-state index in [0.29, 0.717) is 10.8 Å². The summed E-state index contributed by atoms with van der Waals surface area (Å²) in [5, 5.41) is 0. The molecule has 1 heterocycles. The van der Waals surface area contributed by atoms with Crippen molar-refractivity contribution in [2.45, 2.75) is 33.1 Å². The Hall–Kier alpha value is -1.89. The van der Waals surface area contributed by atoms with Gasteiger partial charge in [0, 0.05) is 11.8 Å². The van der Waals surface area contributed by atoms with Gasteiger partial charge in [-0.05, 0) is 36.8 Å². The molecule has 2 N–H and O–H groups in total. The zero-order valence-corrected chi connectivity index (χ0v) is 12.8. The maximum atomic E-state index is 11.9. The molecule has 6 nitrogen and oxygen atoms in total. The number of hydrazine groups is 1. The first kappa shape index (κ1) is 15.5. The Labute approximate surface area is 126 Å². The lowest BCUT2D eigenvalue weighted by Crippen LogP contribution is -2.42. The molecule has 0 aromatic carbocycles. The van der Waals surface area contributed by atoms with Crippen LogP contribution in [-0.4, -0.2) is 24.4 Å². The zero-order valence-electron chi connectivity index (χ0n) is 12.0. The van der Waals surface area contributed by atoms with Crippen molar-refractivity contribution in [2.24, 2.45) is 5.92 Å². The maximum absolute atomic E-state index is 11.9. The molecule has 2 amide bonds. The molecule has 1 aliphatic rings. The van der Waals surface area contributed by atoms with Crippen LogP contribution in [0, 0.1) is 5.92 Å². The number of rotatable bonds is 3. The summed E-state index contributed by atoms with van der Waals surface area (Å²) in [6.45, 7) is 3.05. The number of fused-ring (bicyclic) bond motifs is 1. The van der Waals surface area contributed by atoms with Crippen LogP contribution >= 0.6 is 11.3 Å². The Kier molecular flexibility index (Phi) is 4.95. The van der Waals surface area contributed by atoms with Gasteiger partial charge in [-0.1, -0.05) is 6.92 Å². The van der Waals surface area contributed by atoms with Gasteiger partial charge in [0.1, 0.15) is 4.88 Å². The number of aryl methyl sites for hydroxylation is 1. The van der Waals surface area contributed by atoms with Gasteiger partial charge in [-0.15, -0.1) is 11.3 Å². The highest BCUT2D eigenvalue weighted by molar-refractivity contribution is 7.14. The molecule has 0 radical (unpaired) electrons. The summed E-state index contributed by atoms with van der Waals surface area (Å²) in [7, 11) is 0. The minimum atomic E-state index is -0.575. The molecule has 114 valence electrons. The van der Waals surface area contributed by atoms with E-state index in [0.717, 1.165) is 19.3 Å². The van der Waals surface area contributed by atoms with E-state index >= 15 is 0 Å². The van der Waals surface area contributed by atoms with Crippen molar-refractivity contribution in [1.29, 1.82) is 0 Å². The average molecular weight is 310 g/mol. The zero-order chi connectivity index (χ0) is 15.4. The van der Waals surface area contributed by atoms with Crippen LogP contribution in [0.25, 0.3) is 0 Å². The fourth-order valence-electron chi connectivity index (χ4n) is 2.20. The summed E-state index contributed by atoms with van der Waals surface area (Å²) in [6.07, 6.45) is 3.13. The summed E-state index contributed by atoms with van der Waals surface area (Å²) in [6, 6.07) is 1.86. The number of amides is 2. The lowest BCUT2D eigenvalue weighted by molar-refractivity contribution is -0.129. The van der Waals surface area contributed by atoms with Gasteiger partial charge in [0.05, 0.1) is 0 Å². The third kappa shape index (κ3) is 4.29. The molecule has 1 aromatic heterocycles. The minimum Gasteiger partial charge on any atom is -0.451 e. The molecular weight excluding hydrogens is 292 g/mol. The number of nitrogens with one attached hydrogen (secondary N) is 2. The predicted molar refractivity (Wildman–Crippen MR) is 77.7 cm³/mol. The second-order valence-corrected chi connectivity index (χ2v) is 6.35. The molecule has 0 unspecified atom stereocenters. The van der Waals surface area contributed by atoms with E-state index in [9.17, 15) is 14.4 Å². The number of hydrogen-bond donors (Lipinski definition) is 2. The van der Waals surface area contributed by atoms with Gasteiger partial charge in [-0.25, -0.2) is 4.79 Å². The van der Waals surface area contributed by atoms with Crippen LogP contribution in [0.3, 0.4) is 0 Å². The molecule has 0 saturated carbocycles. The summed E-state index contributed by atoms with van der Waals surface area (Å²) in [5.74, 6) is -0.831. The normalized spacial score (nSPS) is 16.8. The smallest absolute Gasteiger partial charge is 0.348 e. The van der Waals surface area contributed by atoms with Gasteiger partial charge in [0.2, 0.25) is 5.91 Å². The second-order valence-electron chi connectivity index (χ2n) is 5.21. The van der Waals surface area contributed by atoms with Crippen molar-refractivity contribution in [3.8, 4) is 0 Å². The molecule has 1 aromatic rings. The maximum Gasteiger partial charge on any atom is 0.348 e. The topological polar surface area (TPSA) is 84.5 Å². The fourth-order valence-corrected chi connectivity index (χ4v) is 3.30. The molecule has 1 aliphatic carbocycles. The SMILES string of the molecule is CC(=O)NNC(=O)COC(=O)c1cc2c(s1)CC[C@H](C)C2. The average Bonchev–Trinajstić information content (AvgIpc) is 2.85. The monoisotopic (exact) mass is 310 g/mol. The largest absolute Gasteiger partial charge is 0.451 e. The molecule has 1 atom stereocenters. The fraction of sp³-hybridized carbons (Fsp3) is 0.500. The Morgan fingerprint density at radius 3 is 2.86 bits per heavy atom. The Morgan fingerprint density at radius 1 is 1.38 bits per heavy atom. The molecule has 0 fully saturated rings. The van der Waals surface area contributed by atoms with Crippen molar-refractivity contribution >= 4 is 29.1 Å². The highest BCUT2D eigenvalue weighted by Gasteiger charge is 2.21. The highest BCUT2D eigenvalue weighted by Crippen LogP contribution is 2.32. The first-order valence-electron chi connectivity index (χ1n) is 6.80. The van der Waals surface area contributed by atoms with Gasteiger partial charge in [0.15, 0.2) is 6.61 Å². The van der Waals surface area contributed by atoms with Gasteiger partial charge in [0.25, 0.3) is 5.91 Å². The van der Waals surface area contributed by atoms with Crippen LogP contribution < -0.4 is 10.9 Å². The highest BCUT2D eigenvalue weighted by atomic mass is 32.1. The molecule has 0 aliphatic heterocycles. The van der Waals surface area contributed by atoms with E-state index in [-0.39, 0.29) is 0 Å². The van der Waals surface area contributed by atoms with Crippen LogP contribution in [0.5, 0.6) is 0 Å². The van der Waals surface area contributed by atoms with Crippen LogP contribution in [-0.2, 0) is 27.2 Å². The number of hydrogen-bond acceptors (Lipinski definition) is 5. The van der Waals surface area contributed by atoms with Crippen molar-refractivity contribution in [2.75, 3.05) is 6.61 Å². The molecule has 0 saturated heterocycles. The van der Waals surface area contributed by atoms with E-state index in [1.165, 1.54) is 28.7 Å². The second kappa shape index (κ2) is 6.71. The standard InChI is InChI=1S/C14H18N2O4S/c1-8-3-4-11-10(5-8)6-12(21-11)14(19)20-7-13(18)16-15-9(2)17/h6,8H,3-5,7H2,1-2H3,(H,15,17)(H,16,18)/t8-/m0/s1. The van der Waals surface area contributed by atoms with Crippen molar-refractivity contribution in [1.82, 2.24) is 10.9 Å². The number of ether oxygens (including phenoxy) is 1. The molecule has 21 heavy (non-hydrogen) atoms. The Morgan fingerprint density at radius 2 is 2.14 bits per heavy atom. The number of carbonyl (C=O) groups excluding carboxylic acids is 3. The van der Waals surface area contributed by atoms with E-state index in [2.05, 4.69) is 17.8 Å². The molecule has 0 spiro atoms. The van der Waals surface area contributed by atoms with Gasteiger partial charge < -0.3 is 4.74 Å². The summed E-state index contributed by atoms with van der Waals surface area (Å²) in [4.78, 5) is 35.6. The molecule has 0 bridgehead atoms. The van der Waals surface area contributed by atoms with Crippen molar-refractivity contribution in [3.05, 3.63) is 21.4 Å². The number of thiophene rings is 1. The molecule has 7 heteroatoms. The van der Waals surface area contributed by atoms with E-state index < -0.39 is 24.4 Å². The quantitative estimate of drug-likeness (QED) is 0.649. The Bertz CT molecular complexity index is 567. The summed E-state index contributed by atoms with van der Waals surface area (Å²) >= 11 is 1.44.